The van der Waals surface area contributed by atoms with Crippen molar-refractivity contribution in [1.82, 2.24) is 4.90 Å². The quantitative estimate of drug-likeness (QED) is 0.489. The number of carbonyl (C=O) groups excluding carboxylic acids is 2. The van der Waals surface area contributed by atoms with E-state index in [4.69, 9.17) is 16.7 Å². The first-order valence-electron chi connectivity index (χ1n) is 7.71. The molecular weight excluding hydrogens is 358 g/mol. The first kappa shape index (κ1) is 17.7. The summed E-state index contributed by atoms with van der Waals surface area (Å²) in [6, 6.07) is 13.6. The molecule has 6 nitrogen and oxygen atoms in total. The minimum Gasteiger partial charge on any atom is -0.507 e. The van der Waals surface area contributed by atoms with Gasteiger partial charge in [-0.15, -0.1) is 0 Å². The summed E-state index contributed by atoms with van der Waals surface area (Å²) in [5, 5.41) is 20.2. The highest BCUT2D eigenvalue weighted by Crippen LogP contribution is 2.39. The number of aliphatic hydroxyl groups is 1. The SMILES string of the molecule is O=C(O)CN1C(=O)C(=O)C(=C(O)c2ccccc2)[C@H]1c1ccc(Cl)cc1. The van der Waals surface area contributed by atoms with Crippen LogP contribution in [-0.2, 0) is 14.4 Å². The van der Waals surface area contributed by atoms with Gasteiger partial charge in [-0.1, -0.05) is 54.1 Å². The van der Waals surface area contributed by atoms with Gasteiger partial charge < -0.3 is 15.1 Å². The molecule has 1 aliphatic heterocycles. The Morgan fingerprint density at radius 2 is 1.62 bits per heavy atom. The van der Waals surface area contributed by atoms with E-state index in [-0.39, 0.29) is 11.3 Å². The lowest BCUT2D eigenvalue weighted by atomic mass is 9.95. The Hall–Kier alpha value is -3.12. The summed E-state index contributed by atoms with van der Waals surface area (Å²) >= 11 is 5.89. The Morgan fingerprint density at radius 3 is 2.19 bits per heavy atom. The van der Waals surface area contributed by atoms with Crippen LogP contribution in [0, 0.1) is 0 Å². The number of likely N-dealkylation sites (tertiary alicyclic amines) is 1. The third-order valence-corrected chi connectivity index (χ3v) is 4.33. The van der Waals surface area contributed by atoms with Crippen LogP contribution in [0.15, 0.2) is 60.2 Å². The summed E-state index contributed by atoms with van der Waals surface area (Å²) in [6.07, 6.45) is 0. The number of benzene rings is 2. The number of amides is 1. The fraction of sp³-hybridized carbons (Fsp3) is 0.105. The van der Waals surface area contributed by atoms with Gasteiger partial charge in [0.25, 0.3) is 11.7 Å². The molecule has 0 unspecified atom stereocenters. The van der Waals surface area contributed by atoms with Crippen molar-refractivity contribution in [2.45, 2.75) is 6.04 Å². The number of Topliss-reactive ketones (excluding diaryl/α,β-unsaturated/α-hetero) is 1. The minimum atomic E-state index is -1.26. The predicted octanol–water partition coefficient (Wildman–Crippen LogP) is 2.85. The van der Waals surface area contributed by atoms with Gasteiger partial charge in [-0.25, -0.2) is 0 Å². The number of carboxylic acid groups (broad SMARTS) is 1. The monoisotopic (exact) mass is 371 g/mol. The first-order chi connectivity index (χ1) is 12.4. The Kier molecular flexibility index (Phi) is 4.77. The highest BCUT2D eigenvalue weighted by atomic mass is 35.5. The average Bonchev–Trinajstić information content (AvgIpc) is 2.87. The molecule has 0 spiro atoms. The lowest BCUT2D eigenvalue weighted by molar-refractivity contribution is -0.146. The van der Waals surface area contributed by atoms with Crippen molar-refractivity contribution in [3.8, 4) is 0 Å². The zero-order chi connectivity index (χ0) is 18.8. The van der Waals surface area contributed by atoms with E-state index in [1.807, 2.05) is 0 Å². The van der Waals surface area contributed by atoms with Crippen molar-refractivity contribution in [3.63, 3.8) is 0 Å². The Balaban J connectivity index is 2.19. The minimum absolute atomic E-state index is 0.148. The third-order valence-electron chi connectivity index (χ3n) is 4.08. The molecule has 0 bridgehead atoms. The van der Waals surface area contributed by atoms with Crippen molar-refractivity contribution in [2.75, 3.05) is 6.54 Å². The number of carbonyl (C=O) groups is 3. The first-order valence-corrected chi connectivity index (χ1v) is 8.09. The van der Waals surface area contributed by atoms with Crippen molar-refractivity contribution >= 4 is 35.0 Å². The molecule has 7 heteroatoms. The van der Waals surface area contributed by atoms with Gasteiger partial charge in [0.2, 0.25) is 0 Å². The van der Waals surface area contributed by atoms with E-state index in [0.717, 1.165) is 4.90 Å². The largest absolute Gasteiger partial charge is 0.507 e. The third kappa shape index (κ3) is 3.19. The molecule has 2 aromatic rings. The number of nitrogens with zero attached hydrogens (tertiary/aromatic N) is 1. The molecule has 0 saturated carbocycles. The van der Waals surface area contributed by atoms with Gasteiger partial charge in [0.15, 0.2) is 0 Å². The maximum Gasteiger partial charge on any atom is 0.323 e. The molecule has 26 heavy (non-hydrogen) atoms. The van der Waals surface area contributed by atoms with Crippen LogP contribution < -0.4 is 0 Å². The normalized spacial score (nSPS) is 19.0. The lowest BCUT2D eigenvalue weighted by Gasteiger charge is -2.23. The van der Waals surface area contributed by atoms with Gasteiger partial charge in [-0.2, -0.15) is 0 Å². The molecular formula is C19H14ClNO5. The smallest absolute Gasteiger partial charge is 0.323 e. The van der Waals surface area contributed by atoms with Gasteiger partial charge in [0.1, 0.15) is 12.3 Å². The van der Waals surface area contributed by atoms with Gasteiger partial charge in [0, 0.05) is 10.6 Å². The molecule has 0 aliphatic carbocycles. The van der Waals surface area contributed by atoms with Gasteiger partial charge >= 0.3 is 5.97 Å². The lowest BCUT2D eigenvalue weighted by Crippen LogP contribution is -2.34. The highest BCUT2D eigenvalue weighted by Gasteiger charge is 2.46. The van der Waals surface area contributed by atoms with Gasteiger partial charge in [-0.05, 0) is 17.7 Å². The number of aliphatic carboxylic acids is 1. The Labute approximate surface area is 153 Å². The second-order valence-corrected chi connectivity index (χ2v) is 6.17. The topological polar surface area (TPSA) is 94.9 Å². The molecule has 132 valence electrons. The van der Waals surface area contributed by atoms with Crippen LogP contribution in [0.4, 0.5) is 0 Å². The highest BCUT2D eigenvalue weighted by molar-refractivity contribution is 6.46. The van der Waals surface area contributed by atoms with Crippen molar-refractivity contribution in [2.24, 2.45) is 0 Å². The molecule has 1 amide bonds. The van der Waals surface area contributed by atoms with E-state index in [2.05, 4.69) is 0 Å². The number of ketones is 1. The second kappa shape index (κ2) is 7.01. The van der Waals surface area contributed by atoms with Crippen molar-refractivity contribution in [1.29, 1.82) is 0 Å². The number of rotatable bonds is 4. The van der Waals surface area contributed by atoms with Crippen LogP contribution in [0.3, 0.4) is 0 Å². The van der Waals surface area contributed by atoms with Gasteiger partial charge in [-0.3, -0.25) is 14.4 Å². The fourth-order valence-electron chi connectivity index (χ4n) is 2.93. The molecule has 2 aromatic carbocycles. The maximum absolute atomic E-state index is 12.5. The number of hydrogen-bond acceptors (Lipinski definition) is 4. The molecule has 1 saturated heterocycles. The number of carboxylic acids is 1. The summed E-state index contributed by atoms with van der Waals surface area (Å²) in [5.41, 5.74) is 0.692. The fourth-order valence-corrected chi connectivity index (χ4v) is 3.06. The van der Waals surface area contributed by atoms with E-state index in [9.17, 15) is 19.5 Å². The van der Waals surface area contributed by atoms with Crippen LogP contribution in [0.1, 0.15) is 17.2 Å². The second-order valence-electron chi connectivity index (χ2n) is 5.74. The molecule has 0 radical (unpaired) electrons. The number of halogens is 1. The summed E-state index contributed by atoms with van der Waals surface area (Å²) < 4.78 is 0. The van der Waals surface area contributed by atoms with Crippen LogP contribution in [-0.4, -0.2) is 39.3 Å². The molecule has 2 N–H and O–H groups in total. The van der Waals surface area contributed by atoms with E-state index in [0.29, 0.717) is 16.1 Å². The van der Waals surface area contributed by atoms with E-state index in [1.165, 1.54) is 0 Å². The Bertz CT molecular complexity index is 905. The van der Waals surface area contributed by atoms with Crippen LogP contribution in [0.5, 0.6) is 0 Å². The number of hydrogen-bond donors (Lipinski definition) is 2. The average molecular weight is 372 g/mol. The molecule has 0 aromatic heterocycles. The molecule has 1 fully saturated rings. The van der Waals surface area contributed by atoms with E-state index < -0.39 is 30.2 Å². The molecule has 1 atom stereocenters. The number of aliphatic hydroxyl groups excluding tert-OH is 1. The summed E-state index contributed by atoms with van der Waals surface area (Å²) in [6.45, 7) is -0.663. The summed E-state index contributed by atoms with van der Waals surface area (Å²) in [7, 11) is 0. The predicted molar refractivity (Wildman–Crippen MR) is 94.5 cm³/mol. The van der Waals surface area contributed by atoms with E-state index >= 15 is 0 Å². The zero-order valence-corrected chi connectivity index (χ0v) is 14.2. The van der Waals surface area contributed by atoms with Crippen molar-refractivity contribution in [3.05, 3.63) is 76.3 Å². The maximum atomic E-state index is 12.5. The zero-order valence-electron chi connectivity index (χ0n) is 13.4. The summed E-state index contributed by atoms with van der Waals surface area (Å²) in [4.78, 5) is 37.0. The van der Waals surface area contributed by atoms with E-state index in [1.54, 1.807) is 54.6 Å². The molecule has 3 rings (SSSR count). The standard InChI is InChI=1S/C19H14ClNO5/c20-13-8-6-11(7-9-13)16-15(17(24)12-4-2-1-3-5-12)18(25)19(26)21(16)10-14(22)23/h1-9,16,24H,10H2,(H,22,23)/t16-/m1/s1. The molecule has 1 aliphatic rings. The van der Waals surface area contributed by atoms with Crippen LogP contribution in [0.25, 0.3) is 5.76 Å². The van der Waals surface area contributed by atoms with Crippen LogP contribution >= 0.6 is 11.6 Å². The molecule has 1 heterocycles. The Morgan fingerprint density at radius 1 is 1.00 bits per heavy atom. The van der Waals surface area contributed by atoms with Gasteiger partial charge in [0.05, 0.1) is 11.6 Å². The summed E-state index contributed by atoms with van der Waals surface area (Å²) in [5.74, 6) is -3.50. The van der Waals surface area contributed by atoms with Crippen molar-refractivity contribution < 1.29 is 24.6 Å². The van der Waals surface area contributed by atoms with Crippen LogP contribution in [0.2, 0.25) is 5.02 Å².